The van der Waals surface area contributed by atoms with E-state index in [1.807, 2.05) is 0 Å². The quantitative estimate of drug-likeness (QED) is 0.391. The van der Waals surface area contributed by atoms with Crippen molar-refractivity contribution in [2.75, 3.05) is 0 Å². The third kappa shape index (κ3) is 3.19. The minimum atomic E-state index is -0.486. The first-order valence-corrected chi connectivity index (χ1v) is 15.6. The zero-order valence-electron chi connectivity index (χ0n) is 24.6. The van der Waals surface area contributed by atoms with Gasteiger partial charge in [0.1, 0.15) is 6.10 Å². The predicted octanol–water partition coefficient (Wildman–Crippen LogP) is 7.88. The van der Waals surface area contributed by atoms with Gasteiger partial charge in [-0.2, -0.15) is 0 Å². The normalized spacial score (nSPS) is 53.2. The molecule has 6 saturated carbocycles. The number of aliphatic carboxylic acids is 1. The van der Waals surface area contributed by atoms with E-state index in [1.54, 1.807) is 6.92 Å². The van der Waals surface area contributed by atoms with Crippen LogP contribution in [0.4, 0.5) is 0 Å². The molecule has 0 aromatic rings. The lowest BCUT2D eigenvalue weighted by Gasteiger charge is -2.72. The smallest absolute Gasteiger partial charge is 0.309 e. The van der Waals surface area contributed by atoms with Gasteiger partial charge in [-0.15, -0.1) is 0 Å². The van der Waals surface area contributed by atoms with Crippen LogP contribution >= 0.6 is 0 Å². The fourth-order valence-electron chi connectivity index (χ4n) is 12.7. The highest BCUT2D eigenvalue weighted by Crippen LogP contribution is 2.79. The van der Waals surface area contributed by atoms with Crippen molar-refractivity contribution < 1.29 is 19.4 Å². The summed E-state index contributed by atoms with van der Waals surface area (Å²) >= 11 is 0. The summed E-state index contributed by atoms with van der Waals surface area (Å²) in [5, 5.41) is 10.7. The van der Waals surface area contributed by atoms with Gasteiger partial charge < -0.3 is 9.84 Å². The maximum Gasteiger partial charge on any atom is 0.309 e. The van der Waals surface area contributed by atoms with Crippen molar-refractivity contribution in [3.63, 3.8) is 0 Å². The van der Waals surface area contributed by atoms with Crippen molar-refractivity contribution in [2.24, 2.45) is 62.1 Å². The average Bonchev–Trinajstić information content (AvgIpc) is 3.41. The molecule has 37 heavy (non-hydrogen) atoms. The van der Waals surface area contributed by atoms with E-state index < -0.39 is 11.4 Å². The Hall–Kier alpha value is -1.06. The van der Waals surface area contributed by atoms with Gasteiger partial charge in [0, 0.05) is 12.3 Å². The molecule has 0 aliphatic heterocycles. The molecule has 0 radical (unpaired) electrons. The van der Waals surface area contributed by atoms with Crippen LogP contribution in [0.1, 0.15) is 126 Å². The van der Waals surface area contributed by atoms with E-state index in [-0.39, 0.29) is 33.7 Å². The average molecular weight is 513 g/mol. The standard InChI is InChI=1S/C33H52O4/c1-20(34)37-25-12-13-30(5)23(28(25,2)3)11-14-32(7)24(30)9-8-22-26-21(29(4)16-17-29)10-15-33(26,27(35)36)19-18-31(22,32)6/h21-26H,8-19H2,1-7H3,(H,35,36)/t21-,22?,23+,24-,25+,26-,30+,31-,32-,33+/m1/s1. The first kappa shape index (κ1) is 26.2. The van der Waals surface area contributed by atoms with Crippen molar-refractivity contribution >= 4 is 11.9 Å². The summed E-state index contributed by atoms with van der Waals surface area (Å²) in [4.78, 5) is 24.9. The molecule has 1 unspecified atom stereocenters. The minimum absolute atomic E-state index is 0.0140. The highest BCUT2D eigenvalue weighted by atomic mass is 16.5. The first-order chi connectivity index (χ1) is 17.2. The van der Waals surface area contributed by atoms with Crippen molar-refractivity contribution in [3.05, 3.63) is 0 Å². The lowest BCUT2D eigenvalue weighted by Crippen LogP contribution is -2.67. The molecule has 6 aliphatic carbocycles. The maximum absolute atomic E-state index is 13.0. The molecule has 0 aromatic heterocycles. The third-order valence-electron chi connectivity index (χ3n) is 15.0. The molecular formula is C33H52O4. The number of carbonyl (C=O) groups is 2. The molecular weight excluding hydrogens is 460 g/mol. The van der Waals surface area contributed by atoms with Gasteiger partial charge in [-0.1, -0.05) is 41.5 Å². The largest absolute Gasteiger partial charge is 0.481 e. The second-order valence-corrected chi connectivity index (χ2v) is 16.4. The molecule has 208 valence electrons. The van der Waals surface area contributed by atoms with Crippen LogP contribution in [0.15, 0.2) is 0 Å². The Morgan fingerprint density at radius 3 is 2.03 bits per heavy atom. The summed E-state index contributed by atoms with van der Waals surface area (Å²) in [6.45, 7) is 16.6. The van der Waals surface area contributed by atoms with Gasteiger partial charge in [-0.25, -0.2) is 0 Å². The fraction of sp³-hybridized carbons (Fsp3) is 0.939. The highest BCUT2D eigenvalue weighted by molar-refractivity contribution is 5.76. The summed E-state index contributed by atoms with van der Waals surface area (Å²) in [6.07, 6.45) is 13.6. The molecule has 0 amide bonds. The molecule has 1 N–H and O–H groups in total. The number of hydrogen-bond acceptors (Lipinski definition) is 3. The second-order valence-electron chi connectivity index (χ2n) is 16.4. The SMILES string of the molecule is CC(=O)O[C@H]1CC[C@]2(C)[C@H]3CCC4[C@H]5[C@H](C6(C)CC6)CC[C@]5(C(=O)O)CC[C@@]4(C)[C@]3(C)CC[C@H]2C1(C)C. The van der Waals surface area contributed by atoms with Crippen LogP contribution in [-0.2, 0) is 14.3 Å². The van der Waals surface area contributed by atoms with E-state index >= 15 is 0 Å². The first-order valence-electron chi connectivity index (χ1n) is 15.6. The van der Waals surface area contributed by atoms with E-state index in [0.717, 1.165) is 38.5 Å². The Bertz CT molecular complexity index is 996. The van der Waals surface area contributed by atoms with Crippen molar-refractivity contribution in [1.29, 1.82) is 0 Å². The summed E-state index contributed by atoms with van der Waals surface area (Å²) < 4.78 is 5.90. The van der Waals surface area contributed by atoms with Gasteiger partial charge >= 0.3 is 11.9 Å². The molecule has 0 heterocycles. The van der Waals surface area contributed by atoms with Crippen LogP contribution in [0.5, 0.6) is 0 Å². The molecule has 4 heteroatoms. The van der Waals surface area contributed by atoms with Gasteiger partial charge in [0.2, 0.25) is 0 Å². The predicted molar refractivity (Wildman–Crippen MR) is 145 cm³/mol. The number of hydrogen-bond donors (Lipinski definition) is 1. The molecule has 0 saturated heterocycles. The molecule has 4 nitrogen and oxygen atoms in total. The van der Waals surface area contributed by atoms with Crippen LogP contribution in [-0.4, -0.2) is 23.1 Å². The Kier molecular flexibility index (Phi) is 5.50. The van der Waals surface area contributed by atoms with Crippen LogP contribution in [0.3, 0.4) is 0 Å². The Morgan fingerprint density at radius 2 is 1.41 bits per heavy atom. The monoisotopic (exact) mass is 512 g/mol. The number of ether oxygens (including phenoxy) is 1. The second kappa shape index (κ2) is 7.78. The summed E-state index contributed by atoms with van der Waals surface area (Å²) in [7, 11) is 0. The van der Waals surface area contributed by atoms with Gasteiger partial charge in [-0.3, -0.25) is 9.59 Å². The van der Waals surface area contributed by atoms with Gasteiger partial charge in [-0.05, 0) is 128 Å². The van der Waals surface area contributed by atoms with E-state index in [0.29, 0.717) is 35.0 Å². The number of carboxylic acids is 1. The van der Waals surface area contributed by atoms with E-state index in [2.05, 4.69) is 41.5 Å². The number of fused-ring (bicyclic) bond motifs is 7. The van der Waals surface area contributed by atoms with Gasteiger partial charge in [0.05, 0.1) is 5.41 Å². The van der Waals surface area contributed by atoms with E-state index in [9.17, 15) is 14.7 Å². The van der Waals surface area contributed by atoms with Crippen molar-refractivity contribution in [1.82, 2.24) is 0 Å². The van der Waals surface area contributed by atoms with Crippen LogP contribution in [0, 0.1) is 62.1 Å². The lowest BCUT2D eigenvalue weighted by atomic mass is 9.32. The molecule has 6 fully saturated rings. The highest BCUT2D eigenvalue weighted by Gasteiger charge is 2.73. The topological polar surface area (TPSA) is 63.6 Å². The van der Waals surface area contributed by atoms with Crippen LogP contribution in [0.2, 0.25) is 0 Å². The summed E-state index contributed by atoms with van der Waals surface area (Å²) in [5.41, 5.74) is 0.599. The maximum atomic E-state index is 13.0. The number of carbonyl (C=O) groups excluding carboxylic acids is 1. The fourth-order valence-corrected chi connectivity index (χ4v) is 12.7. The molecule has 0 bridgehead atoms. The zero-order valence-corrected chi connectivity index (χ0v) is 24.6. The summed E-state index contributed by atoms with van der Waals surface area (Å²) in [5.74, 6) is 2.08. The molecule has 10 atom stereocenters. The van der Waals surface area contributed by atoms with Crippen molar-refractivity contribution in [2.45, 2.75) is 132 Å². The van der Waals surface area contributed by atoms with Crippen LogP contribution < -0.4 is 0 Å². The van der Waals surface area contributed by atoms with Gasteiger partial charge in [0.25, 0.3) is 0 Å². The molecule has 0 aromatic carbocycles. The number of carboxylic acid groups (broad SMARTS) is 1. The lowest BCUT2D eigenvalue weighted by molar-refractivity contribution is -0.252. The zero-order chi connectivity index (χ0) is 26.8. The van der Waals surface area contributed by atoms with Gasteiger partial charge in [0.15, 0.2) is 0 Å². The molecule has 0 spiro atoms. The van der Waals surface area contributed by atoms with Crippen molar-refractivity contribution in [3.8, 4) is 0 Å². The minimum Gasteiger partial charge on any atom is -0.481 e. The number of rotatable bonds is 3. The van der Waals surface area contributed by atoms with E-state index in [1.165, 1.54) is 38.5 Å². The Morgan fingerprint density at radius 1 is 0.703 bits per heavy atom. The van der Waals surface area contributed by atoms with E-state index in [4.69, 9.17) is 4.74 Å². The molecule has 6 rings (SSSR count). The number of esters is 1. The third-order valence-corrected chi connectivity index (χ3v) is 15.0. The Labute approximate surface area is 225 Å². The van der Waals surface area contributed by atoms with Crippen LogP contribution in [0.25, 0.3) is 0 Å². The summed E-state index contributed by atoms with van der Waals surface area (Å²) in [6, 6.07) is 0. The molecule has 6 aliphatic rings. The Balaban J connectivity index is 1.37.